The molecule has 0 spiro atoms. The average molecular weight is 392 g/mol. The van der Waals surface area contributed by atoms with Crippen molar-refractivity contribution in [1.82, 2.24) is 0 Å². The van der Waals surface area contributed by atoms with Crippen LogP contribution in [0, 0.1) is 0 Å². The monoisotopic (exact) mass is 392 g/mol. The smallest absolute Gasteiger partial charge is 0.344 e. The Labute approximate surface area is 172 Å². The van der Waals surface area contributed by atoms with Crippen LogP contribution in [0.5, 0.6) is 5.75 Å². The number of ether oxygens (including phenoxy) is 1. The second-order valence-electron chi connectivity index (χ2n) is 6.92. The molecule has 5 aromatic rings. The van der Waals surface area contributed by atoms with Crippen LogP contribution < -0.4 is 10.2 Å². The molecule has 0 saturated heterocycles. The summed E-state index contributed by atoms with van der Waals surface area (Å²) >= 11 is 0. The fraction of sp³-hybridized carbons (Fsp3) is 0. The zero-order valence-electron chi connectivity index (χ0n) is 15.9. The molecule has 5 rings (SSSR count). The van der Waals surface area contributed by atoms with Crippen LogP contribution in [0.3, 0.4) is 0 Å². The fourth-order valence-electron chi connectivity index (χ4n) is 3.55. The lowest BCUT2D eigenvalue weighted by Gasteiger charge is -2.08. The van der Waals surface area contributed by atoms with E-state index in [0.29, 0.717) is 27.8 Å². The van der Waals surface area contributed by atoms with Crippen LogP contribution in [0.1, 0.15) is 10.4 Å². The summed E-state index contributed by atoms with van der Waals surface area (Å²) in [7, 11) is 0. The zero-order chi connectivity index (χ0) is 20.5. The van der Waals surface area contributed by atoms with Crippen molar-refractivity contribution in [2.75, 3.05) is 0 Å². The highest BCUT2D eigenvalue weighted by atomic mass is 16.5. The Morgan fingerprint density at radius 3 is 2.40 bits per heavy atom. The fourth-order valence-corrected chi connectivity index (χ4v) is 3.55. The maximum Gasteiger partial charge on any atom is 0.344 e. The Morgan fingerprint density at radius 1 is 0.767 bits per heavy atom. The number of benzene rings is 4. The summed E-state index contributed by atoms with van der Waals surface area (Å²) in [6, 6.07) is 27.3. The first-order valence-corrected chi connectivity index (χ1v) is 9.52. The molecule has 0 atom stereocenters. The van der Waals surface area contributed by atoms with Gasteiger partial charge in [-0.3, -0.25) is 4.79 Å². The molecule has 0 saturated carbocycles. The van der Waals surface area contributed by atoms with E-state index in [1.54, 1.807) is 24.3 Å². The number of carbonyl (C=O) groups excluding carboxylic acids is 1. The molecule has 0 aliphatic carbocycles. The molecule has 4 nitrogen and oxygen atoms in total. The Balaban J connectivity index is 1.50. The van der Waals surface area contributed by atoms with Crippen LogP contribution in [0.4, 0.5) is 0 Å². The van der Waals surface area contributed by atoms with Gasteiger partial charge in [-0.15, -0.1) is 0 Å². The first kappa shape index (κ1) is 17.9. The van der Waals surface area contributed by atoms with Gasteiger partial charge in [0, 0.05) is 6.07 Å². The van der Waals surface area contributed by atoms with E-state index in [2.05, 4.69) is 0 Å². The molecule has 0 radical (unpaired) electrons. The molecule has 0 fully saturated rings. The summed E-state index contributed by atoms with van der Waals surface area (Å²) in [6.07, 6.45) is 1.44. The third kappa shape index (κ3) is 3.14. The maximum absolute atomic E-state index is 12.9. The summed E-state index contributed by atoms with van der Waals surface area (Å²) < 4.78 is 11.3. The van der Waals surface area contributed by atoms with E-state index in [4.69, 9.17) is 9.15 Å². The third-order valence-corrected chi connectivity index (χ3v) is 5.05. The molecule has 0 amide bonds. The molecule has 0 unspecified atom stereocenters. The lowest BCUT2D eigenvalue weighted by atomic mass is 10.0. The first-order valence-electron chi connectivity index (χ1n) is 9.52. The third-order valence-electron chi connectivity index (χ3n) is 5.05. The van der Waals surface area contributed by atoms with Gasteiger partial charge in [-0.1, -0.05) is 66.7 Å². The van der Waals surface area contributed by atoms with E-state index in [-0.39, 0.29) is 5.43 Å². The average Bonchev–Trinajstić information content (AvgIpc) is 2.79. The molecule has 1 aromatic heterocycles. The SMILES string of the molecule is O=C(Oc1ccc2c(=O)c(-c3ccccc3)coc2c1)c1cccc2ccccc12. The van der Waals surface area contributed by atoms with E-state index < -0.39 is 5.97 Å². The van der Waals surface area contributed by atoms with E-state index in [1.807, 2.05) is 66.7 Å². The zero-order valence-corrected chi connectivity index (χ0v) is 15.9. The molecule has 1 heterocycles. The summed E-state index contributed by atoms with van der Waals surface area (Å²) in [5, 5.41) is 2.22. The molecular weight excluding hydrogens is 376 g/mol. The van der Waals surface area contributed by atoms with E-state index in [9.17, 15) is 9.59 Å². The predicted octanol–water partition coefficient (Wildman–Crippen LogP) is 5.83. The van der Waals surface area contributed by atoms with Crippen LogP contribution in [0.25, 0.3) is 32.9 Å². The van der Waals surface area contributed by atoms with E-state index >= 15 is 0 Å². The molecule has 144 valence electrons. The summed E-state index contributed by atoms with van der Waals surface area (Å²) in [6.45, 7) is 0. The summed E-state index contributed by atoms with van der Waals surface area (Å²) in [4.78, 5) is 25.6. The van der Waals surface area contributed by atoms with Crippen molar-refractivity contribution in [3.05, 3.63) is 113 Å². The molecule has 0 bridgehead atoms. The minimum Gasteiger partial charge on any atom is -0.463 e. The Kier molecular flexibility index (Phi) is 4.37. The van der Waals surface area contributed by atoms with Gasteiger partial charge in [0.15, 0.2) is 5.43 Å². The van der Waals surface area contributed by atoms with Crippen LogP contribution in [-0.2, 0) is 0 Å². The van der Waals surface area contributed by atoms with Crippen LogP contribution in [0.2, 0.25) is 0 Å². The van der Waals surface area contributed by atoms with Gasteiger partial charge in [0.05, 0.1) is 16.5 Å². The van der Waals surface area contributed by atoms with Gasteiger partial charge in [-0.25, -0.2) is 4.79 Å². The van der Waals surface area contributed by atoms with Gasteiger partial charge in [-0.05, 0) is 34.5 Å². The molecule has 0 aliphatic rings. The molecule has 0 N–H and O–H groups in total. The van der Waals surface area contributed by atoms with Crippen molar-refractivity contribution in [3.8, 4) is 16.9 Å². The number of hydrogen-bond acceptors (Lipinski definition) is 4. The van der Waals surface area contributed by atoms with Crippen LogP contribution >= 0.6 is 0 Å². The normalized spacial score (nSPS) is 10.9. The molecule has 4 heteroatoms. The van der Waals surface area contributed by atoms with Crippen molar-refractivity contribution in [2.24, 2.45) is 0 Å². The number of fused-ring (bicyclic) bond motifs is 2. The van der Waals surface area contributed by atoms with Gasteiger partial charge in [0.25, 0.3) is 0 Å². The molecule has 30 heavy (non-hydrogen) atoms. The minimum atomic E-state index is -0.464. The van der Waals surface area contributed by atoms with Crippen molar-refractivity contribution in [2.45, 2.75) is 0 Å². The van der Waals surface area contributed by atoms with Gasteiger partial charge in [-0.2, -0.15) is 0 Å². The highest BCUT2D eigenvalue weighted by Gasteiger charge is 2.14. The summed E-state index contributed by atoms with van der Waals surface area (Å²) in [5.41, 5.74) is 1.99. The van der Waals surface area contributed by atoms with E-state index in [0.717, 1.165) is 16.3 Å². The predicted molar refractivity (Wildman–Crippen MR) is 117 cm³/mol. The Hall–Kier alpha value is -4.18. The van der Waals surface area contributed by atoms with Crippen molar-refractivity contribution in [3.63, 3.8) is 0 Å². The highest BCUT2D eigenvalue weighted by molar-refractivity contribution is 6.05. The minimum absolute atomic E-state index is 0.130. The van der Waals surface area contributed by atoms with Gasteiger partial charge in [0.1, 0.15) is 17.6 Å². The quantitative estimate of drug-likeness (QED) is 0.286. The topological polar surface area (TPSA) is 56.5 Å². The van der Waals surface area contributed by atoms with Gasteiger partial charge in [0.2, 0.25) is 0 Å². The molecule has 4 aromatic carbocycles. The van der Waals surface area contributed by atoms with E-state index in [1.165, 1.54) is 6.26 Å². The first-order chi connectivity index (χ1) is 14.7. The van der Waals surface area contributed by atoms with Gasteiger partial charge >= 0.3 is 5.97 Å². The lowest BCUT2D eigenvalue weighted by Crippen LogP contribution is -2.09. The number of esters is 1. The standard InChI is InChI=1S/C26H16O4/c27-25-22-14-13-19(15-24(22)29-16-23(25)18-7-2-1-3-8-18)30-26(28)21-12-6-10-17-9-4-5-11-20(17)21/h1-16H. The lowest BCUT2D eigenvalue weighted by molar-refractivity contribution is 0.0737. The number of carbonyl (C=O) groups is 1. The molecule has 0 aliphatic heterocycles. The van der Waals surface area contributed by atoms with Crippen LogP contribution in [-0.4, -0.2) is 5.97 Å². The largest absolute Gasteiger partial charge is 0.463 e. The molecular formula is C26H16O4. The van der Waals surface area contributed by atoms with Crippen molar-refractivity contribution >= 4 is 27.7 Å². The van der Waals surface area contributed by atoms with Crippen LogP contribution in [0.15, 0.2) is 106 Å². The second-order valence-corrected chi connectivity index (χ2v) is 6.92. The summed E-state index contributed by atoms with van der Waals surface area (Å²) in [5.74, 6) is -0.148. The van der Waals surface area contributed by atoms with Crippen molar-refractivity contribution in [1.29, 1.82) is 0 Å². The number of hydrogen-bond donors (Lipinski definition) is 0. The highest BCUT2D eigenvalue weighted by Crippen LogP contribution is 2.25. The van der Waals surface area contributed by atoms with Gasteiger partial charge < -0.3 is 9.15 Å². The second kappa shape index (κ2) is 7.33. The van der Waals surface area contributed by atoms with Crippen molar-refractivity contribution < 1.29 is 13.9 Å². The Morgan fingerprint density at radius 2 is 1.53 bits per heavy atom. The Bertz CT molecular complexity index is 1440. The number of rotatable bonds is 3. The maximum atomic E-state index is 12.9.